The Balaban J connectivity index is 1.74. The third kappa shape index (κ3) is 4.65. The summed E-state index contributed by atoms with van der Waals surface area (Å²) in [6.45, 7) is 1.49. The van der Waals surface area contributed by atoms with Gasteiger partial charge in [-0.15, -0.1) is 11.8 Å². The fourth-order valence-electron chi connectivity index (χ4n) is 5.76. The number of halogens is 1. The van der Waals surface area contributed by atoms with Crippen LogP contribution in [0, 0.1) is 6.92 Å². The van der Waals surface area contributed by atoms with E-state index < -0.39 is 39.9 Å². The van der Waals surface area contributed by atoms with E-state index in [0.29, 0.717) is 28.2 Å². The average Bonchev–Trinajstić information content (AvgIpc) is 3.30. The van der Waals surface area contributed by atoms with Crippen molar-refractivity contribution < 1.29 is 24.1 Å². The van der Waals surface area contributed by atoms with Crippen LogP contribution in [0.4, 0.5) is 4.39 Å². The number of nitrogens with one attached hydrogen (secondary N) is 1. The Morgan fingerprint density at radius 3 is 1.98 bits per heavy atom. The molecule has 1 aromatic heterocycles. The summed E-state index contributed by atoms with van der Waals surface area (Å²) >= 11 is 1.03. The number of ether oxygens (including phenoxy) is 2. The minimum absolute atomic E-state index is 0.197. The highest BCUT2D eigenvalue weighted by Crippen LogP contribution is 2.58. The zero-order chi connectivity index (χ0) is 29.4. The number of rotatable bonds is 8. The predicted octanol–water partition coefficient (Wildman–Crippen LogP) is 3.57. The normalized spacial score (nSPS) is 21.4. The van der Waals surface area contributed by atoms with Crippen LogP contribution in [0.1, 0.15) is 28.5 Å². The van der Waals surface area contributed by atoms with Crippen molar-refractivity contribution in [2.75, 3.05) is 20.0 Å². The molecule has 214 valence electrons. The molecule has 0 bridgehead atoms. The van der Waals surface area contributed by atoms with Crippen LogP contribution in [0.5, 0.6) is 11.5 Å². The molecule has 4 atom stereocenters. The van der Waals surface area contributed by atoms with E-state index in [1.165, 1.54) is 13.1 Å². The number of aliphatic hydroxyl groups excluding tert-OH is 2. The Morgan fingerprint density at radius 2 is 1.46 bits per heavy atom. The van der Waals surface area contributed by atoms with Crippen molar-refractivity contribution in [2.45, 2.75) is 35.6 Å². The Morgan fingerprint density at radius 1 is 0.951 bits per heavy atom. The molecule has 0 saturated carbocycles. The van der Waals surface area contributed by atoms with E-state index >= 15 is 4.39 Å². The van der Waals surface area contributed by atoms with Crippen LogP contribution in [-0.2, 0) is 5.41 Å². The van der Waals surface area contributed by atoms with Gasteiger partial charge in [0.25, 0.3) is 5.56 Å². The molecular weight excluding hydrogens is 547 g/mol. The van der Waals surface area contributed by atoms with E-state index in [-0.39, 0.29) is 11.3 Å². The van der Waals surface area contributed by atoms with Gasteiger partial charge in [0.05, 0.1) is 24.9 Å². The fourth-order valence-corrected chi connectivity index (χ4v) is 7.29. The van der Waals surface area contributed by atoms with Gasteiger partial charge in [-0.05, 0) is 47.9 Å². The van der Waals surface area contributed by atoms with Crippen LogP contribution in [0.25, 0.3) is 0 Å². The number of hydrogen-bond acceptors (Lipinski definition) is 7. The van der Waals surface area contributed by atoms with Crippen molar-refractivity contribution in [3.8, 4) is 11.5 Å². The van der Waals surface area contributed by atoms with Crippen LogP contribution in [0.15, 0.2) is 94.6 Å². The monoisotopic (exact) mass is 578 g/mol. The predicted molar refractivity (Wildman–Crippen MR) is 156 cm³/mol. The van der Waals surface area contributed by atoms with Gasteiger partial charge in [0, 0.05) is 17.5 Å². The molecule has 0 aliphatic carbocycles. The standard InChI is InChI=1S/C31H31FN2O6S/c1-19-17-34(29(38)33-27(19)36)28(37)25-26(35)30(32,18-41-25)31(20-7-5-4-6-8-20,21-9-13-23(39-2)14-10-21)22-11-15-24(40-3)16-12-22/h4-17,25-26,28,35,37H,18H2,1-3H3,(H,33,36,38)/t25-,26-,28?,30-/m1/s1. The molecule has 41 heavy (non-hydrogen) atoms. The lowest BCUT2D eigenvalue weighted by Gasteiger charge is -2.47. The fraction of sp³-hybridized carbons (Fsp3) is 0.290. The summed E-state index contributed by atoms with van der Waals surface area (Å²) in [5.74, 6) is 0.960. The van der Waals surface area contributed by atoms with Crippen LogP contribution in [-0.4, -0.2) is 56.8 Å². The van der Waals surface area contributed by atoms with Gasteiger partial charge in [-0.2, -0.15) is 0 Å². The second kappa shape index (κ2) is 11.2. The lowest BCUT2D eigenvalue weighted by Crippen LogP contribution is -2.58. The molecule has 1 aliphatic heterocycles. The van der Waals surface area contributed by atoms with Crippen molar-refractivity contribution in [1.29, 1.82) is 0 Å². The first kappa shape index (κ1) is 28.7. The first-order valence-electron chi connectivity index (χ1n) is 13.0. The van der Waals surface area contributed by atoms with E-state index in [4.69, 9.17) is 9.47 Å². The van der Waals surface area contributed by atoms with Gasteiger partial charge in [0.1, 0.15) is 23.8 Å². The number of alkyl halides is 1. The first-order chi connectivity index (χ1) is 19.7. The molecule has 1 unspecified atom stereocenters. The van der Waals surface area contributed by atoms with Crippen molar-refractivity contribution >= 4 is 11.8 Å². The molecule has 4 aromatic rings. The number of aromatic nitrogens is 2. The molecule has 0 spiro atoms. The summed E-state index contributed by atoms with van der Waals surface area (Å²) in [6, 6.07) is 23.1. The summed E-state index contributed by atoms with van der Waals surface area (Å²) < 4.78 is 29.9. The number of methoxy groups -OCH3 is 2. The average molecular weight is 579 g/mol. The summed E-state index contributed by atoms with van der Waals surface area (Å²) in [4.78, 5) is 26.7. The Bertz CT molecular complexity index is 1580. The van der Waals surface area contributed by atoms with E-state index in [1.54, 1.807) is 62.8 Å². The molecule has 0 amide bonds. The Labute approximate surface area is 240 Å². The van der Waals surface area contributed by atoms with E-state index in [1.807, 2.05) is 30.3 Å². The number of hydrogen-bond donors (Lipinski definition) is 3. The maximum Gasteiger partial charge on any atom is 0.330 e. The minimum Gasteiger partial charge on any atom is -0.497 e. The van der Waals surface area contributed by atoms with Crippen molar-refractivity contribution in [1.82, 2.24) is 9.55 Å². The van der Waals surface area contributed by atoms with Crippen LogP contribution in [0.3, 0.4) is 0 Å². The SMILES string of the molecule is COc1ccc(C(c2ccccc2)(c2ccc(OC)cc2)[C@@]2(F)CS[C@@H](C(O)n3cc(C)c(=O)[nH]c3=O)[C@H]2O)cc1. The van der Waals surface area contributed by atoms with Gasteiger partial charge in [-0.25, -0.2) is 9.18 Å². The van der Waals surface area contributed by atoms with Gasteiger partial charge < -0.3 is 19.7 Å². The molecule has 3 aromatic carbocycles. The summed E-state index contributed by atoms with van der Waals surface area (Å²) in [5, 5.41) is 22.0. The first-order valence-corrected chi connectivity index (χ1v) is 14.1. The lowest BCUT2D eigenvalue weighted by molar-refractivity contribution is -0.0484. The minimum atomic E-state index is -2.38. The summed E-state index contributed by atoms with van der Waals surface area (Å²) in [5.41, 5.74) is -3.47. The number of thioether (sulfide) groups is 1. The number of benzene rings is 3. The molecule has 10 heteroatoms. The van der Waals surface area contributed by atoms with Crippen LogP contribution in [0.2, 0.25) is 0 Å². The van der Waals surface area contributed by atoms with Gasteiger partial charge in [-0.3, -0.25) is 14.3 Å². The smallest absolute Gasteiger partial charge is 0.330 e. The topological polar surface area (TPSA) is 114 Å². The maximum absolute atomic E-state index is 18.2. The Hall–Kier alpha value is -3.86. The highest BCUT2D eigenvalue weighted by Gasteiger charge is 2.65. The Kier molecular flexibility index (Phi) is 7.83. The number of nitrogens with zero attached hydrogens (tertiary/aromatic N) is 1. The number of aromatic amines is 1. The zero-order valence-electron chi connectivity index (χ0n) is 22.8. The van der Waals surface area contributed by atoms with Crippen LogP contribution < -0.4 is 20.7 Å². The molecule has 5 rings (SSSR count). The van der Waals surface area contributed by atoms with E-state index in [2.05, 4.69) is 4.98 Å². The maximum atomic E-state index is 18.2. The van der Waals surface area contributed by atoms with Crippen LogP contribution >= 0.6 is 11.8 Å². The van der Waals surface area contributed by atoms with Crippen molar-refractivity contribution in [3.63, 3.8) is 0 Å². The second-order valence-electron chi connectivity index (χ2n) is 10.0. The number of aryl methyl sites for hydroxylation is 1. The largest absolute Gasteiger partial charge is 0.497 e. The lowest BCUT2D eigenvalue weighted by atomic mass is 9.58. The van der Waals surface area contributed by atoms with Crippen molar-refractivity contribution in [3.05, 3.63) is 128 Å². The van der Waals surface area contributed by atoms with E-state index in [9.17, 15) is 19.8 Å². The van der Waals surface area contributed by atoms with Crippen molar-refractivity contribution in [2.24, 2.45) is 0 Å². The summed E-state index contributed by atoms with van der Waals surface area (Å²) in [7, 11) is 3.09. The van der Waals surface area contributed by atoms with Gasteiger partial charge in [0.15, 0.2) is 5.67 Å². The van der Waals surface area contributed by atoms with Gasteiger partial charge in [-0.1, -0.05) is 54.6 Å². The highest BCUT2D eigenvalue weighted by molar-refractivity contribution is 8.00. The molecule has 0 radical (unpaired) electrons. The molecule has 1 aliphatic rings. The second-order valence-corrected chi connectivity index (χ2v) is 11.2. The third-order valence-electron chi connectivity index (χ3n) is 7.87. The number of H-pyrrole nitrogens is 1. The molecular formula is C31H31FN2O6S. The zero-order valence-corrected chi connectivity index (χ0v) is 23.6. The molecule has 8 nitrogen and oxygen atoms in total. The van der Waals surface area contributed by atoms with Gasteiger partial charge in [0.2, 0.25) is 0 Å². The molecule has 1 saturated heterocycles. The van der Waals surface area contributed by atoms with Gasteiger partial charge >= 0.3 is 5.69 Å². The molecule has 3 N–H and O–H groups in total. The van der Waals surface area contributed by atoms with E-state index in [0.717, 1.165) is 16.3 Å². The quantitative estimate of drug-likeness (QED) is 0.274. The molecule has 1 fully saturated rings. The number of aliphatic hydroxyl groups is 2. The summed E-state index contributed by atoms with van der Waals surface area (Å²) in [6.07, 6.45) is -2.14. The third-order valence-corrected chi connectivity index (χ3v) is 9.34. The highest BCUT2D eigenvalue weighted by atomic mass is 32.2. The molecule has 2 heterocycles.